The highest BCUT2D eigenvalue weighted by molar-refractivity contribution is 7.99. The quantitative estimate of drug-likeness (QED) is 0.498. The van der Waals surface area contributed by atoms with Crippen molar-refractivity contribution in [3.8, 4) is 11.1 Å². The number of alkyl halides is 3. The summed E-state index contributed by atoms with van der Waals surface area (Å²) in [6.45, 7) is -0.703. The zero-order chi connectivity index (χ0) is 21.7. The van der Waals surface area contributed by atoms with Gasteiger partial charge >= 0.3 is 12.3 Å². The molecule has 30 heavy (non-hydrogen) atoms. The molecule has 0 fully saturated rings. The molecule has 0 spiro atoms. The maximum atomic E-state index is 14.0. The smallest absolute Gasteiger partial charge is 0.417 e. The van der Waals surface area contributed by atoms with Crippen LogP contribution in [0.2, 0.25) is 0 Å². The van der Waals surface area contributed by atoms with Gasteiger partial charge in [0.25, 0.3) is 0 Å². The lowest BCUT2D eigenvalue weighted by atomic mass is 9.99. The first-order valence-corrected chi connectivity index (χ1v) is 9.60. The molecule has 3 rings (SSSR count). The molecule has 0 bridgehead atoms. The summed E-state index contributed by atoms with van der Waals surface area (Å²) in [5.74, 6) is 0. The lowest BCUT2D eigenvalue weighted by Gasteiger charge is -2.19. The second kappa shape index (κ2) is 9.19. The van der Waals surface area contributed by atoms with Crippen LogP contribution in [-0.4, -0.2) is 21.3 Å². The number of aliphatic hydroxyl groups excluding tert-OH is 1. The molecule has 0 aliphatic heterocycles. The fraction of sp³-hybridized carbons (Fsp3) is 0.143. The zero-order valence-corrected chi connectivity index (χ0v) is 16.3. The molecule has 0 aliphatic carbocycles. The van der Waals surface area contributed by atoms with Crippen LogP contribution in [0, 0.1) is 0 Å². The number of rotatable bonds is 6. The summed E-state index contributed by atoms with van der Waals surface area (Å²) in [6, 6.07) is 14.3. The summed E-state index contributed by atoms with van der Waals surface area (Å²) in [4.78, 5) is 14.9. The average Bonchev–Trinajstić information content (AvgIpc) is 2.73. The number of aromatic nitrogens is 1. The molecule has 2 aromatic carbocycles. The normalized spacial score (nSPS) is 11.3. The SMILES string of the molecule is O=C(O)NCc1cc(-c2ccccc2)cc(C(F)(F)F)c1Sc1ncccc1CO. The molecule has 3 N–H and O–H groups in total. The van der Waals surface area contributed by atoms with Crippen molar-refractivity contribution in [2.75, 3.05) is 0 Å². The van der Waals surface area contributed by atoms with E-state index in [0.29, 0.717) is 16.7 Å². The Kier molecular flexibility index (Phi) is 6.63. The number of nitrogens with zero attached hydrogens (tertiary/aromatic N) is 1. The van der Waals surface area contributed by atoms with E-state index >= 15 is 0 Å². The zero-order valence-electron chi connectivity index (χ0n) is 15.5. The minimum atomic E-state index is -4.68. The summed E-state index contributed by atoms with van der Waals surface area (Å²) >= 11 is 0.750. The number of aliphatic hydroxyl groups is 1. The van der Waals surface area contributed by atoms with Crippen molar-refractivity contribution >= 4 is 17.9 Å². The first-order chi connectivity index (χ1) is 14.3. The second-order valence-corrected chi connectivity index (χ2v) is 7.26. The topological polar surface area (TPSA) is 82.5 Å². The van der Waals surface area contributed by atoms with Gasteiger partial charge in [-0.25, -0.2) is 9.78 Å². The second-order valence-electron chi connectivity index (χ2n) is 6.26. The predicted molar refractivity (Wildman–Crippen MR) is 106 cm³/mol. The van der Waals surface area contributed by atoms with E-state index in [2.05, 4.69) is 10.3 Å². The molecule has 1 heterocycles. The fourth-order valence-corrected chi connectivity index (χ4v) is 3.97. The fourth-order valence-electron chi connectivity index (χ4n) is 2.85. The first-order valence-electron chi connectivity index (χ1n) is 8.78. The summed E-state index contributed by atoms with van der Waals surface area (Å²) < 4.78 is 42.0. The van der Waals surface area contributed by atoms with Gasteiger partial charge in [-0.2, -0.15) is 13.2 Å². The molecule has 0 unspecified atom stereocenters. The van der Waals surface area contributed by atoms with Gasteiger partial charge in [-0.3, -0.25) is 0 Å². The molecule has 0 atom stereocenters. The summed E-state index contributed by atoms with van der Waals surface area (Å²) in [7, 11) is 0. The van der Waals surface area contributed by atoms with Crippen LogP contribution >= 0.6 is 11.8 Å². The number of hydrogen-bond donors (Lipinski definition) is 3. The number of pyridine rings is 1. The van der Waals surface area contributed by atoms with E-state index in [1.54, 1.807) is 42.5 Å². The van der Waals surface area contributed by atoms with Gasteiger partial charge in [-0.05, 0) is 34.9 Å². The number of carboxylic acid groups (broad SMARTS) is 1. The molecule has 5 nitrogen and oxygen atoms in total. The van der Waals surface area contributed by atoms with Crippen molar-refractivity contribution in [1.29, 1.82) is 0 Å². The molecular weight excluding hydrogens is 417 g/mol. The number of halogens is 3. The largest absolute Gasteiger partial charge is 0.465 e. The third-order valence-corrected chi connectivity index (χ3v) is 5.47. The van der Waals surface area contributed by atoms with Crippen LogP contribution in [0.25, 0.3) is 11.1 Å². The lowest BCUT2D eigenvalue weighted by molar-refractivity contribution is -0.139. The Morgan fingerprint density at radius 2 is 1.77 bits per heavy atom. The summed E-state index contributed by atoms with van der Waals surface area (Å²) in [5.41, 5.74) is 0.527. The van der Waals surface area contributed by atoms with E-state index in [4.69, 9.17) is 5.11 Å². The molecule has 1 aromatic heterocycles. The van der Waals surface area contributed by atoms with Crippen molar-refractivity contribution in [3.05, 3.63) is 77.5 Å². The Balaban J connectivity index is 2.20. The maximum absolute atomic E-state index is 14.0. The van der Waals surface area contributed by atoms with E-state index in [-0.39, 0.29) is 28.6 Å². The maximum Gasteiger partial charge on any atom is 0.417 e. The predicted octanol–water partition coefficient (Wildman–Crippen LogP) is 5.18. The summed E-state index contributed by atoms with van der Waals surface area (Å²) in [6.07, 6.45) is -4.61. The van der Waals surface area contributed by atoms with Crippen LogP contribution < -0.4 is 5.32 Å². The van der Waals surface area contributed by atoms with Crippen LogP contribution in [0.4, 0.5) is 18.0 Å². The van der Waals surface area contributed by atoms with Gasteiger partial charge in [-0.1, -0.05) is 48.2 Å². The molecular formula is C21H17F3N2O3S. The first kappa shape index (κ1) is 21.7. The van der Waals surface area contributed by atoms with Gasteiger partial charge in [0.2, 0.25) is 0 Å². The molecule has 0 saturated heterocycles. The van der Waals surface area contributed by atoms with Gasteiger partial charge in [0.05, 0.1) is 12.2 Å². The van der Waals surface area contributed by atoms with Crippen LogP contribution in [0.15, 0.2) is 70.7 Å². The Morgan fingerprint density at radius 3 is 2.40 bits per heavy atom. The van der Waals surface area contributed by atoms with Gasteiger partial charge in [0.15, 0.2) is 0 Å². The number of nitrogens with one attached hydrogen (secondary N) is 1. The molecule has 3 aromatic rings. The van der Waals surface area contributed by atoms with E-state index in [1.807, 2.05) is 0 Å². The third kappa shape index (κ3) is 5.11. The van der Waals surface area contributed by atoms with Gasteiger partial charge in [-0.15, -0.1) is 0 Å². The molecule has 156 valence electrons. The monoisotopic (exact) mass is 434 g/mol. The van der Waals surface area contributed by atoms with Crippen molar-refractivity contribution in [2.45, 2.75) is 29.2 Å². The average molecular weight is 434 g/mol. The number of amides is 1. The summed E-state index contributed by atoms with van der Waals surface area (Å²) in [5, 5.41) is 20.8. The van der Waals surface area contributed by atoms with Crippen LogP contribution in [0.3, 0.4) is 0 Å². The molecule has 1 amide bonds. The Morgan fingerprint density at radius 1 is 1.03 bits per heavy atom. The molecule has 0 saturated carbocycles. The van der Waals surface area contributed by atoms with Crippen molar-refractivity contribution < 1.29 is 28.2 Å². The minimum absolute atomic E-state index is 0.158. The highest BCUT2D eigenvalue weighted by Gasteiger charge is 2.36. The van der Waals surface area contributed by atoms with Crippen LogP contribution in [0.5, 0.6) is 0 Å². The Hall–Kier alpha value is -3.04. The molecule has 9 heteroatoms. The van der Waals surface area contributed by atoms with Crippen molar-refractivity contribution in [2.24, 2.45) is 0 Å². The Labute approximate surface area is 174 Å². The molecule has 0 radical (unpaired) electrons. The highest BCUT2D eigenvalue weighted by atomic mass is 32.2. The van der Waals surface area contributed by atoms with Crippen molar-refractivity contribution in [1.82, 2.24) is 10.3 Å². The third-order valence-electron chi connectivity index (χ3n) is 4.23. The number of carbonyl (C=O) groups is 1. The van der Waals surface area contributed by atoms with Crippen LogP contribution in [-0.2, 0) is 19.3 Å². The van der Waals surface area contributed by atoms with E-state index in [0.717, 1.165) is 17.8 Å². The number of hydrogen-bond acceptors (Lipinski definition) is 4. The van der Waals surface area contributed by atoms with Crippen molar-refractivity contribution in [3.63, 3.8) is 0 Å². The Bertz CT molecular complexity index is 1040. The van der Waals surface area contributed by atoms with E-state index in [1.165, 1.54) is 12.3 Å². The van der Waals surface area contributed by atoms with Gasteiger partial charge < -0.3 is 15.5 Å². The lowest BCUT2D eigenvalue weighted by Crippen LogP contribution is -2.21. The minimum Gasteiger partial charge on any atom is -0.465 e. The van der Waals surface area contributed by atoms with E-state index in [9.17, 15) is 23.1 Å². The number of benzene rings is 2. The van der Waals surface area contributed by atoms with Crippen LogP contribution in [0.1, 0.15) is 16.7 Å². The highest BCUT2D eigenvalue weighted by Crippen LogP contribution is 2.44. The molecule has 0 aliphatic rings. The van der Waals surface area contributed by atoms with E-state index < -0.39 is 17.8 Å². The van der Waals surface area contributed by atoms with Gasteiger partial charge in [0, 0.05) is 23.2 Å². The standard InChI is InChI=1S/C21H17F3N2O3S/c22-21(23,24)17-10-15(13-5-2-1-3-6-13)9-16(11-26-20(28)29)18(17)30-19-14(12-27)7-4-8-25-19/h1-10,26-27H,11-12H2,(H,28,29). The van der Waals surface area contributed by atoms with Gasteiger partial charge in [0.1, 0.15) is 5.03 Å².